The first-order valence-corrected chi connectivity index (χ1v) is 8.06. The van der Waals surface area contributed by atoms with E-state index in [-0.39, 0.29) is 12.5 Å². The molecule has 1 amide bonds. The summed E-state index contributed by atoms with van der Waals surface area (Å²) in [5.41, 5.74) is 1.59. The quantitative estimate of drug-likeness (QED) is 0.605. The van der Waals surface area contributed by atoms with Crippen LogP contribution in [-0.2, 0) is 11.3 Å². The summed E-state index contributed by atoms with van der Waals surface area (Å²) < 4.78 is 6.43. The van der Waals surface area contributed by atoms with Crippen LogP contribution in [0.25, 0.3) is 21.9 Å². The van der Waals surface area contributed by atoms with Gasteiger partial charge in [-0.25, -0.2) is 4.79 Å². The van der Waals surface area contributed by atoms with Crippen LogP contribution < -0.4 is 11.1 Å². The number of nitrogens with zero attached hydrogens (tertiary/aromatic N) is 1. The normalized spacial score (nSPS) is 11.1. The highest BCUT2D eigenvalue weighted by Gasteiger charge is 2.14. The lowest BCUT2D eigenvalue weighted by Gasteiger charge is -2.09. The van der Waals surface area contributed by atoms with Crippen LogP contribution in [0.15, 0.2) is 69.9 Å². The van der Waals surface area contributed by atoms with Crippen molar-refractivity contribution in [3.63, 3.8) is 0 Å². The molecule has 5 nitrogen and oxygen atoms in total. The molecule has 0 atom stereocenters. The highest BCUT2D eigenvalue weighted by atomic mass is 35.5. The van der Waals surface area contributed by atoms with Gasteiger partial charge >= 0.3 is 5.76 Å². The molecule has 0 radical (unpaired) electrons. The molecule has 0 spiro atoms. The number of rotatable bonds is 3. The van der Waals surface area contributed by atoms with E-state index >= 15 is 0 Å². The standard InChI is InChI=1S/C19H13ClN2O3/c20-13-8-9-16-17(10-13)25-19(24)22(16)11-18(23)21-15-7-3-5-12-4-1-2-6-14(12)15/h1-10H,11H2,(H,21,23). The Morgan fingerprint density at radius 3 is 2.76 bits per heavy atom. The molecule has 4 rings (SSSR count). The van der Waals surface area contributed by atoms with Gasteiger partial charge in [-0.3, -0.25) is 9.36 Å². The van der Waals surface area contributed by atoms with Gasteiger partial charge in [0.25, 0.3) is 0 Å². The number of amides is 1. The topological polar surface area (TPSA) is 64.2 Å². The van der Waals surface area contributed by atoms with Crippen LogP contribution in [0, 0.1) is 0 Å². The highest BCUT2D eigenvalue weighted by molar-refractivity contribution is 6.31. The molecule has 3 aromatic carbocycles. The summed E-state index contributed by atoms with van der Waals surface area (Å²) in [6.07, 6.45) is 0. The second kappa shape index (κ2) is 6.11. The molecule has 25 heavy (non-hydrogen) atoms. The summed E-state index contributed by atoms with van der Waals surface area (Å²) in [6.45, 7) is -0.142. The predicted molar refractivity (Wildman–Crippen MR) is 98.1 cm³/mol. The van der Waals surface area contributed by atoms with Crippen molar-refractivity contribution in [3.8, 4) is 0 Å². The molecule has 124 valence electrons. The number of benzene rings is 3. The summed E-state index contributed by atoms with van der Waals surface area (Å²) in [6, 6.07) is 18.3. The third kappa shape index (κ3) is 2.90. The fourth-order valence-corrected chi connectivity index (χ4v) is 3.02. The number of aromatic nitrogens is 1. The van der Waals surface area contributed by atoms with Gasteiger partial charge in [-0.05, 0) is 23.6 Å². The third-order valence-electron chi connectivity index (χ3n) is 4.00. The molecule has 4 aromatic rings. The Bertz CT molecular complexity index is 1150. The molecule has 0 saturated heterocycles. The van der Waals surface area contributed by atoms with Crippen LogP contribution in [0.5, 0.6) is 0 Å². The zero-order valence-corrected chi connectivity index (χ0v) is 13.8. The Kier molecular flexibility index (Phi) is 3.78. The fraction of sp³-hybridized carbons (Fsp3) is 0.0526. The SMILES string of the molecule is O=C(Cn1c(=O)oc2cc(Cl)ccc21)Nc1cccc2ccccc12. The Morgan fingerprint density at radius 2 is 1.88 bits per heavy atom. The number of anilines is 1. The number of hydrogen-bond acceptors (Lipinski definition) is 3. The molecular weight excluding hydrogens is 340 g/mol. The maximum absolute atomic E-state index is 12.4. The van der Waals surface area contributed by atoms with Crippen molar-refractivity contribution < 1.29 is 9.21 Å². The van der Waals surface area contributed by atoms with Crippen molar-refractivity contribution in [3.05, 3.63) is 76.2 Å². The molecule has 0 bridgehead atoms. The summed E-state index contributed by atoms with van der Waals surface area (Å²) >= 11 is 5.90. The minimum absolute atomic E-state index is 0.142. The number of hydrogen-bond donors (Lipinski definition) is 1. The lowest BCUT2D eigenvalue weighted by molar-refractivity contribution is -0.116. The van der Waals surface area contributed by atoms with Gasteiger partial charge in [0.05, 0.1) is 5.52 Å². The monoisotopic (exact) mass is 352 g/mol. The number of oxazole rings is 1. The average molecular weight is 353 g/mol. The highest BCUT2D eigenvalue weighted by Crippen LogP contribution is 2.23. The zero-order valence-electron chi connectivity index (χ0n) is 13.0. The second-order valence-corrected chi connectivity index (χ2v) is 6.08. The number of carbonyl (C=O) groups excluding carboxylic acids is 1. The molecule has 0 fully saturated rings. The molecule has 0 aliphatic heterocycles. The molecule has 1 aromatic heterocycles. The smallest absolute Gasteiger partial charge is 0.408 e. The fourth-order valence-electron chi connectivity index (χ4n) is 2.86. The van der Waals surface area contributed by atoms with Crippen LogP contribution in [0.4, 0.5) is 5.69 Å². The van der Waals surface area contributed by atoms with E-state index in [4.69, 9.17) is 16.0 Å². The summed E-state index contributed by atoms with van der Waals surface area (Å²) in [5, 5.41) is 5.29. The predicted octanol–water partition coefficient (Wildman–Crippen LogP) is 4.04. The molecular formula is C19H13ClN2O3. The first-order chi connectivity index (χ1) is 12.1. The molecule has 1 heterocycles. The van der Waals surface area contributed by atoms with Gasteiger partial charge in [0.2, 0.25) is 5.91 Å². The minimum atomic E-state index is -0.592. The first kappa shape index (κ1) is 15.5. The van der Waals surface area contributed by atoms with Gasteiger partial charge in [0.15, 0.2) is 5.58 Å². The van der Waals surface area contributed by atoms with E-state index in [1.54, 1.807) is 18.2 Å². The van der Waals surface area contributed by atoms with Crippen molar-refractivity contribution in [2.45, 2.75) is 6.54 Å². The molecule has 1 N–H and O–H groups in total. The van der Waals surface area contributed by atoms with E-state index in [0.29, 0.717) is 21.8 Å². The third-order valence-corrected chi connectivity index (χ3v) is 4.23. The van der Waals surface area contributed by atoms with Crippen molar-refractivity contribution >= 4 is 45.1 Å². The molecule has 0 aliphatic carbocycles. The Labute approximate surface area is 147 Å². The average Bonchev–Trinajstić information content (AvgIpc) is 2.90. The van der Waals surface area contributed by atoms with Gasteiger partial charge in [0, 0.05) is 22.2 Å². The lowest BCUT2D eigenvalue weighted by atomic mass is 10.1. The van der Waals surface area contributed by atoms with E-state index in [0.717, 1.165) is 10.8 Å². The van der Waals surface area contributed by atoms with Crippen molar-refractivity contribution in [2.24, 2.45) is 0 Å². The summed E-state index contributed by atoms with van der Waals surface area (Å²) in [5.74, 6) is -0.901. The van der Waals surface area contributed by atoms with E-state index in [9.17, 15) is 9.59 Å². The molecule has 0 unspecified atom stereocenters. The number of fused-ring (bicyclic) bond motifs is 2. The zero-order chi connectivity index (χ0) is 17.4. The number of carbonyl (C=O) groups is 1. The maximum atomic E-state index is 12.4. The van der Waals surface area contributed by atoms with Gasteiger partial charge in [-0.15, -0.1) is 0 Å². The van der Waals surface area contributed by atoms with Gasteiger partial charge in [-0.1, -0.05) is 48.0 Å². The van der Waals surface area contributed by atoms with Gasteiger partial charge < -0.3 is 9.73 Å². The lowest BCUT2D eigenvalue weighted by Crippen LogP contribution is -2.24. The van der Waals surface area contributed by atoms with Crippen LogP contribution in [0.2, 0.25) is 5.02 Å². The van der Waals surface area contributed by atoms with Crippen LogP contribution in [0.3, 0.4) is 0 Å². The number of halogens is 1. The minimum Gasteiger partial charge on any atom is -0.408 e. The van der Waals surface area contributed by atoms with E-state index in [2.05, 4.69) is 5.32 Å². The van der Waals surface area contributed by atoms with Crippen molar-refractivity contribution in [1.82, 2.24) is 4.57 Å². The van der Waals surface area contributed by atoms with E-state index < -0.39 is 5.76 Å². The van der Waals surface area contributed by atoms with Crippen LogP contribution in [-0.4, -0.2) is 10.5 Å². The Morgan fingerprint density at radius 1 is 1.08 bits per heavy atom. The van der Waals surface area contributed by atoms with E-state index in [1.165, 1.54) is 4.57 Å². The summed E-state index contributed by atoms with van der Waals surface area (Å²) in [4.78, 5) is 24.5. The number of nitrogens with one attached hydrogen (secondary N) is 1. The van der Waals surface area contributed by atoms with Crippen LogP contribution >= 0.6 is 11.6 Å². The maximum Gasteiger partial charge on any atom is 0.420 e. The van der Waals surface area contributed by atoms with Gasteiger partial charge in [-0.2, -0.15) is 0 Å². The largest absolute Gasteiger partial charge is 0.420 e. The van der Waals surface area contributed by atoms with Crippen molar-refractivity contribution in [1.29, 1.82) is 0 Å². The van der Waals surface area contributed by atoms with E-state index in [1.807, 2.05) is 42.5 Å². The first-order valence-electron chi connectivity index (χ1n) is 7.68. The Balaban J connectivity index is 1.65. The molecule has 6 heteroatoms. The van der Waals surface area contributed by atoms with Gasteiger partial charge in [0.1, 0.15) is 6.54 Å². The Hall–Kier alpha value is -3.05. The molecule has 0 saturated carbocycles. The van der Waals surface area contributed by atoms with Crippen molar-refractivity contribution in [2.75, 3.05) is 5.32 Å². The second-order valence-electron chi connectivity index (χ2n) is 5.64. The molecule has 0 aliphatic rings. The summed E-state index contributed by atoms with van der Waals surface area (Å²) in [7, 11) is 0. The van der Waals surface area contributed by atoms with Crippen LogP contribution in [0.1, 0.15) is 0 Å².